The first-order valence-corrected chi connectivity index (χ1v) is 11.6. The van der Waals surface area contributed by atoms with Gasteiger partial charge in [-0.25, -0.2) is 27.2 Å². The molecule has 0 aliphatic carbocycles. The quantitative estimate of drug-likeness (QED) is 0.388. The number of urea groups is 1. The van der Waals surface area contributed by atoms with Gasteiger partial charge in [0.25, 0.3) is 5.91 Å². The first kappa shape index (κ1) is 26.9. The van der Waals surface area contributed by atoms with Gasteiger partial charge in [0.2, 0.25) is 0 Å². The number of carboxylic acids is 1. The van der Waals surface area contributed by atoms with Crippen molar-refractivity contribution < 1.29 is 37.1 Å². The number of hydrogen-bond donors (Lipinski definition) is 2. The fraction of sp³-hybridized carbons (Fsp3) is 0.192. The number of aromatic carboxylic acids is 1. The van der Waals surface area contributed by atoms with E-state index in [-0.39, 0.29) is 27.4 Å². The van der Waals surface area contributed by atoms with Gasteiger partial charge in [-0.1, -0.05) is 17.7 Å². The second-order valence-corrected chi connectivity index (χ2v) is 9.03. The van der Waals surface area contributed by atoms with Crippen LogP contribution in [0.4, 0.5) is 28.0 Å². The van der Waals surface area contributed by atoms with Crippen LogP contribution in [0.2, 0.25) is 5.02 Å². The summed E-state index contributed by atoms with van der Waals surface area (Å²) in [5.74, 6) is -6.37. The van der Waals surface area contributed by atoms with Gasteiger partial charge in [0.05, 0.1) is 28.9 Å². The molecule has 198 valence electrons. The van der Waals surface area contributed by atoms with E-state index in [4.69, 9.17) is 11.6 Å². The van der Waals surface area contributed by atoms with Crippen molar-refractivity contribution in [2.75, 3.05) is 11.9 Å². The van der Waals surface area contributed by atoms with Crippen LogP contribution >= 0.6 is 11.6 Å². The van der Waals surface area contributed by atoms with Gasteiger partial charge in [-0.15, -0.1) is 0 Å². The Morgan fingerprint density at radius 3 is 2.29 bits per heavy atom. The highest BCUT2D eigenvalue weighted by atomic mass is 35.5. The maximum Gasteiger partial charge on any atom is 0.337 e. The molecule has 1 atom stereocenters. The van der Waals surface area contributed by atoms with Gasteiger partial charge in [-0.3, -0.25) is 9.69 Å². The molecule has 38 heavy (non-hydrogen) atoms. The number of amides is 3. The predicted molar refractivity (Wildman–Crippen MR) is 130 cm³/mol. The zero-order valence-corrected chi connectivity index (χ0v) is 20.7. The van der Waals surface area contributed by atoms with E-state index in [2.05, 4.69) is 5.32 Å². The van der Waals surface area contributed by atoms with Crippen LogP contribution in [-0.2, 0) is 13.1 Å². The summed E-state index contributed by atoms with van der Waals surface area (Å²) in [6.45, 7) is 0.733. The molecule has 0 bridgehead atoms. The lowest BCUT2D eigenvalue weighted by molar-refractivity contribution is 0.0696. The van der Waals surface area contributed by atoms with E-state index in [0.717, 1.165) is 17.0 Å². The number of rotatable bonds is 6. The van der Waals surface area contributed by atoms with Crippen molar-refractivity contribution in [1.29, 1.82) is 0 Å². The number of nitrogens with one attached hydrogen (secondary N) is 1. The van der Waals surface area contributed by atoms with Gasteiger partial charge in [-0.05, 0) is 36.8 Å². The van der Waals surface area contributed by atoms with Crippen molar-refractivity contribution in [2.45, 2.75) is 26.1 Å². The Labute approximate surface area is 219 Å². The maximum atomic E-state index is 14.7. The molecule has 1 unspecified atom stereocenters. The van der Waals surface area contributed by atoms with Crippen molar-refractivity contribution in [3.8, 4) is 0 Å². The van der Waals surface area contributed by atoms with Gasteiger partial charge in [0.1, 0.15) is 23.3 Å². The van der Waals surface area contributed by atoms with Crippen molar-refractivity contribution in [3.05, 3.63) is 98.6 Å². The lowest BCUT2D eigenvalue weighted by Gasteiger charge is -2.40. The summed E-state index contributed by atoms with van der Waals surface area (Å²) in [6, 6.07) is 6.33. The normalized spacial score (nSPS) is 14.9. The number of carboxylic acid groups (broad SMARTS) is 1. The zero-order chi connectivity index (χ0) is 27.9. The Bertz CT molecular complexity index is 1460. The summed E-state index contributed by atoms with van der Waals surface area (Å²) >= 11 is 6.16. The number of halogens is 5. The molecule has 0 fully saturated rings. The monoisotopic (exact) mass is 549 g/mol. The van der Waals surface area contributed by atoms with Crippen molar-refractivity contribution in [1.82, 2.24) is 10.2 Å². The fourth-order valence-electron chi connectivity index (χ4n) is 4.17. The van der Waals surface area contributed by atoms with E-state index in [9.17, 15) is 37.1 Å². The molecule has 7 nitrogen and oxygen atoms in total. The minimum atomic E-state index is -1.37. The Balaban J connectivity index is 1.69. The van der Waals surface area contributed by atoms with E-state index in [1.165, 1.54) is 24.1 Å². The molecule has 3 aromatic rings. The van der Waals surface area contributed by atoms with Gasteiger partial charge < -0.3 is 15.3 Å². The third kappa shape index (κ3) is 4.89. The van der Waals surface area contributed by atoms with Gasteiger partial charge in [0, 0.05) is 42.4 Å². The van der Waals surface area contributed by atoms with Crippen LogP contribution in [0.25, 0.3) is 0 Å². The standard InChI is InChI=1S/C26H20ClF4N3O4/c1-12-15-4-3-13(24(35)32-10-17-20(30)8-14(28)9-21(17)31)7-22(15)34(26(38)33(12)2)11-18-19(29)6-5-16(23(18)27)25(36)37/h3-9,12H,10-11H2,1-2H3,(H,32,35)(H,36,37). The van der Waals surface area contributed by atoms with Gasteiger partial charge >= 0.3 is 12.0 Å². The van der Waals surface area contributed by atoms with E-state index in [0.29, 0.717) is 17.7 Å². The highest BCUT2D eigenvalue weighted by Crippen LogP contribution is 2.38. The number of carbonyl (C=O) groups excluding carboxylic acids is 2. The van der Waals surface area contributed by atoms with Crippen LogP contribution in [-0.4, -0.2) is 35.0 Å². The molecular weight excluding hydrogens is 530 g/mol. The van der Waals surface area contributed by atoms with E-state index < -0.39 is 65.9 Å². The fourth-order valence-corrected chi connectivity index (χ4v) is 4.46. The van der Waals surface area contributed by atoms with E-state index >= 15 is 0 Å². The Hall–Kier alpha value is -4.12. The number of anilines is 1. The average Bonchev–Trinajstić information content (AvgIpc) is 2.85. The van der Waals surface area contributed by atoms with Crippen LogP contribution in [0, 0.1) is 23.3 Å². The van der Waals surface area contributed by atoms with Crippen molar-refractivity contribution in [2.24, 2.45) is 0 Å². The third-order valence-corrected chi connectivity index (χ3v) is 6.84. The predicted octanol–water partition coefficient (Wildman–Crippen LogP) is 5.66. The van der Waals surface area contributed by atoms with E-state index in [1.807, 2.05) is 0 Å². The molecule has 2 N–H and O–H groups in total. The lowest BCUT2D eigenvalue weighted by Crippen LogP contribution is -2.46. The van der Waals surface area contributed by atoms with Gasteiger partial charge in [0.15, 0.2) is 0 Å². The maximum absolute atomic E-state index is 14.7. The molecule has 3 aromatic carbocycles. The summed E-state index contributed by atoms with van der Waals surface area (Å²) in [7, 11) is 1.53. The Morgan fingerprint density at radius 2 is 1.66 bits per heavy atom. The molecule has 4 rings (SSSR count). The third-order valence-electron chi connectivity index (χ3n) is 6.41. The molecule has 0 aromatic heterocycles. The number of nitrogens with zero attached hydrogens (tertiary/aromatic N) is 2. The minimum Gasteiger partial charge on any atom is -0.478 e. The number of hydrogen-bond acceptors (Lipinski definition) is 3. The molecular formula is C26H20ClF4N3O4. The number of fused-ring (bicyclic) bond motifs is 1. The summed E-state index contributed by atoms with van der Waals surface area (Å²) in [6.07, 6.45) is 0. The highest BCUT2D eigenvalue weighted by Gasteiger charge is 2.35. The first-order chi connectivity index (χ1) is 17.9. The average molecular weight is 550 g/mol. The molecule has 1 aliphatic heterocycles. The molecule has 12 heteroatoms. The Kier molecular flexibility index (Phi) is 7.32. The minimum absolute atomic E-state index is 0.0205. The largest absolute Gasteiger partial charge is 0.478 e. The highest BCUT2D eigenvalue weighted by molar-refractivity contribution is 6.34. The van der Waals surface area contributed by atoms with E-state index in [1.54, 1.807) is 13.0 Å². The molecule has 1 aliphatic rings. The van der Waals surface area contributed by atoms with Crippen LogP contribution in [0.15, 0.2) is 42.5 Å². The SMILES string of the molecule is CC1c2ccc(C(=O)NCc3c(F)cc(F)cc3F)cc2N(Cc2c(F)ccc(C(=O)O)c2Cl)C(=O)N1C. The molecule has 0 saturated carbocycles. The smallest absolute Gasteiger partial charge is 0.337 e. The topological polar surface area (TPSA) is 90.0 Å². The van der Waals surface area contributed by atoms with Crippen LogP contribution in [0.5, 0.6) is 0 Å². The second-order valence-electron chi connectivity index (χ2n) is 8.65. The second kappa shape index (κ2) is 10.3. The van der Waals surface area contributed by atoms with Crippen LogP contribution < -0.4 is 10.2 Å². The molecule has 3 amide bonds. The molecule has 0 saturated heterocycles. The number of carbonyl (C=O) groups is 3. The molecule has 0 radical (unpaired) electrons. The summed E-state index contributed by atoms with van der Waals surface area (Å²) < 4.78 is 55.8. The summed E-state index contributed by atoms with van der Waals surface area (Å²) in [5, 5.41) is 11.3. The number of benzene rings is 3. The zero-order valence-electron chi connectivity index (χ0n) is 20.0. The molecule has 1 heterocycles. The molecule has 0 spiro atoms. The summed E-state index contributed by atoms with van der Waals surface area (Å²) in [5.41, 5.74) is -0.247. The first-order valence-electron chi connectivity index (χ1n) is 11.2. The lowest BCUT2D eigenvalue weighted by atomic mass is 9.98. The Morgan fingerprint density at radius 1 is 1.00 bits per heavy atom. The van der Waals surface area contributed by atoms with Gasteiger partial charge in [-0.2, -0.15) is 0 Å². The summed E-state index contributed by atoms with van der Waals surface area (Å²) in [4.78, 5) is 40.0. The van der Waals surface area contributed by atoms with Crippen molar-refractivity contribution >= 4 is 35.2 Å². The van der Waals surface area contributed by atoms with Crippen LogP contribution in [0.1, 0.15) is 50.4 Å². The van der Waals surface area contributed by atoms with Crippen molar-refractivity contribution in [3.63, 3.8) is 0 Å². The van der Waals surface area contributed by atoms with Crippen LogP contribution in [0.3, 0.4) is 0 Å².